The van der Waals surface area contributed by atoms with Crippen molar-refractivity contribution in [2.75, 3.05) is 45.1 Å². The number of carbonyl (C=O) groups is 1. The van der Waals surface area contributed by atoms with E-state index in [4.69, 9.17) is 14.2 Å². The second-order valence-electron chi connectivity index (χ2n) is 5.23. The number of pyridine rings is 1. The first-order valence-corrected chi connectivity index (χ1v) is 7.90. The summed E-state index contributed by atoms with van der Waals surface area (Å²) in [6.07, 6.45) is 2.48. The van der Waals surface area contributed by atoms with Crippen LogP contribution in [-0.4, -0.2) is 45.4 Å². The molecule has 0 spiro atoms. The van der Waals surface area contributed by atoms with Gasteiger partial charge in [0.2, 0.25) is 0 Å². The largest absolute Gasteiger partial charge is 0.493 e. The Labute approximate surface area is 147 Å². The van der Waals surface area contributed by atoms with Crippen LogP contribution in [0.3, 0.4) is 0 Å². The van der Waals surface area contributed by atoms with Gasteiger partial charge in [-0.15, -0.1) is 0 Å². The highest BCUT2D eigenvalue weighted by Crippen LogP contribution is 2.29. The van der Waals surface area contributed by atoms with Crippen LogP contribution < -0.4 is 20.1 Å². The third-order valence-corrected chi connectivity index (χ3v) is 3.49. The SMILES string of the molecule is COCCCNc1ccnc(C(=O)Nc2ccc(OC)c(OC)c2)c1. The van der Waals surface area contributed by atoms with Crippen LogP contribution in [0.25, 0.3) is 0 Å². The summed E-state index contributed by atoms with van der Waals surface area (Å²) < 4.78 is 15.4. The van der Waals surface area contributed by atoms with Gasteiger partial charge in [0.15, 0.2) is 11.5 Å². The fourth-order valence-electron chi connectivity index (χ4n) is 2.22. The van der Waals surface area contributed by atoms with E-state index in [0.717, 1.165) is 18.7 Å². The number of nitrogens with zero attached hydrogens (tertiary/aromatic N) is 1. The molecule has 2 N–H and O–H groups in total. The van der Waals surface area contributed by atoms with E-state index >= 15 is 0 Å². The fraction of sp³-hybridized carbons (Fsp3) is 0.333. The Bertz CT molecular complexity index is 706. The van der Waals surface area contributed by atoms with Crippen LogP contribution in [0.5, 0.6) is 11.5 Å². The summed E-state index contributed by atoms with van der Waals surface area (Å²) in [6.45, 7) is 1.44. The molecule has 0 saturated carbocycles. The average molecular weight is 345 g/mol. The molecule has 0 fully saturated rings. The van der Waals surface area contributed by atoms with Crippen molar-refractivity contribution in [2.45, 2.75) is 6.42 Å². The maximum atomic E-state index is 12.4. The van der Waals surface area contributed by atoms with Crippen LogP contribution in [0.2, 0.25) is 0 Å². The number of rotatable bonds is 9. The number of anilines is 2. The molecule has 1 heterocycles. The Hall–Kier alpha value is -2.80. The molecule has 7 heteroatoms. The molecular formula is C18H23N3O4. The summed E-state index contributed by atoms with van der Waals surface area (Å²) in [5.41, 5.74) is 1.76. The highest BCUT2D eigenvalue weighted by atomic mass is 16.5. The van der Waals surface area contributed by atoms with Crippen LogP contribution in [0, 0.1) is 0 Å². The van der Waals surface area contributed by atoms with E-state index in [2.05, 4.69) is 15.6 Å². The van der Waals surface area contributed by atoms with Gasteiger partial charge in [0, 0.05) is 43.9 Å². The van der Waals surface area contributed by atoms with Crippen LogP contribution in [0.15, 0.2) is 36.5 Å². The highest BCUT2D eigenvalue weighted by Gasteiger charge is 2.11. The Morgan fingerprint density at radius 1 is 1.04 bits per heavy atom. The van der Waals surface area contributed by atoms with E-state index < -0.39 is 0 Å². The van der Waals surface area contributed by atoms with E-state index in [1.807, 2.05) is 6.07 Å². The zero-order valence-electron chi connectivity index (χ0n) is 14.7. The van der Waals surface area contributed by atoms with Crippen molar-refractivity contribution in [3.8, 4) is 11.5 Å². The number of hydrogen-bond acceptors (Lipinski definition) is 6. The molecule has 0 unspecified atom stereocenters. The Kier molecular flexibility index (Phi) is 7.03. The molecular weight excluding hydrogens is 322 g/mol. The van der Waals surface area contributed by atoms with Gasteiger partial charge in [0.05, 0.1) is 14.2 Å². The van der Waals surface area contributed by atoms with Gasteiger partial charge in [-0.2, -0.15) is 0 Å². The molecule has 0 bridgehead atoms. The topological polar surface area (TPSA) is 81.7 Å². The predicted molar refractivity (Wildman–Crippen MR) is 96.7 cm³/mol. The van der Waals surface area contributed by atoms with Crippen molar-refractivity contribution in [2.24, 2.45) is 0 Å². The molecule has 0 aliphatic carbocycles. The number of nitrogens with one attached hydrogen (secondary N) is 2. The van der Waals surface area contributed by atoms with Gasteiger partial charge < -0.3 is 24.8 Å². The predicted octanol–water partition coefficient (Wildman–Crippen LogP) is 2.80. The van der Waals surface area contributed by atoms with Crippen LogP contribution in [-0.2, 0) is 4.74 Å². The van der Waals surface area contributed by atoms with Gasteiger partial charge in [0.25, 0.3) is 5.91 Å². The summed E-state index contributed by atoms with van der Waals surface area (Å²) in [5, 5.41) is 6.04. The minimum atomic E-state index is -0.298. The number of ether oxygens (including phenoxy) is 3. The normalized spacial score (nSPS) is 10.2. The van der Waals surface area contributed by atoms with Crippen molar-refractivity contribution in [3.05, 3.63) is 42.2 Å². The molecule has 1 aromatic carbocycles. The maximum Gasteiger partial charge on any atom is 0.274 e. The van der Waals surface area contributed by atoms with Crippen molar-refractivity contribution < 1.29 is 19.0 Å². The van der Waals surface area contributed by atoms with E-state index in [0.29, 0.717) is 29.5 Å². The lowest BCUT2D eigenvalue weighted by Gasteiger charge is -2.11. The van der Waals surface area contributed by atoms with Crippen molar-refractivity contribution in [1.29, 1.82) is 0 Å². The van der Waals surface area contributed by atoms with Gasteiger partial charge in [-0.1, -0.05) is 0 Å². The van der Waals surface area contributed by atoms with E-state index in [1.165, 1.54) is 0 Å². The van der Waals surface area contributed by atoms with Crippen LogP contribution >= 0.6 is 0 Å². The minimum Gasteiger partial charge on any atom is -0.493 e. The molecule has 1 aromatic heterocycles. The Morgan fingerprint density at radius 2 is 1.84 bits per heavy atom. The molecule has 0 saturated heterocycles. The first-order valence-electron chi connectivity index (χ1n) is 7.90. The smallest absolute Gasteiger partial charge is 0.274 e. The summed E-state index contributed by atoms with van der Waals surface area (Å²) in [6, 6.07) is 8.70. The maximum absolute atomic E-state index is 12.4. The first kappa shape index (κ1) is 18.5. The lowest BCUT2D eigenvalue weighted by Crippen LogP contribution is -2.14. The third kappa shape index (κ3) is 5.36. The molecule has 7 nitrogen and oxygen atoms in total. The van der Waals surface area contributed by atoms with Crippen molar-refractivity contribution >= 4 is 17.3 Å². The summed E-state index contributed by atoms with van der Waals surface area (Å²) in [4.78, 5) is 16.5. The van der Waals surface area contributed by atoms with Crippen molar-refractivity contribution in [3.63, 3.8) is 0 Å². The minimum absolute atomic E-state index is 0.298. The number of amides is 1. The van der Waals surface area contributed by atoms with Crippen LogP contribution in [0.4, 0.5) is 11.4 Å². The van der Waals surface area contributed by atoms with Gasteiger partial charge >= 0.3 is 0 Å². The summed E-state index contributed by atoms with van der Waals surface area (Å²) in [5.74, 6) is 0.843. The Balaban J connectivity index is 2.03. The van der Waals surface area contributed by atoms with Crippen LogP contribution in [0.1, 0.15) is 16.9 Å². The van der Waals surface area contributed by atoms with E-state index in [1.54, 1.807) is 51.8 Å². The highest BCUT2D eigenvalue weighted by molar-refractivity contribution is 6.03. The van der Waals surface area contributed by atoms with Gasteiger partial charge in [0.1, 0.15) is 5.69 Å². The van der Waals surface area contributed by atoms with Gasteiger partial charge in [-0.25, -0.2) is 0 Å². The summed E-state index contributed by atoms with van der Waals surface area (Å²) in [7, 11) is 4.78. The lowest BCUT2D eigenvalue weighted by molar-refractivity contribution is 0.102. The van der Waals surface area contributed by atoms with Crippen molar-refractivity contribution in [1.82, 2.24) is 4.98 Å². The second-order valence-corrected chi connectivity index (χ2v) is 5.23. The zero-order valence-corrected chi connectivity index (χ0v) is 14.7. The molecule has 0 aliphatic heterocycles. The number of hydrogen-bond donors (Lipinski definition) is 2. The first-order chi connectivity index (χ1) is 12.2. The molecule has 1 amide bonds. The molecule has 0 aliphatic rings. The summed E-state index contributed by atoms with van der Waals surface area (Å²) >= 11 is 0. The third-order valence-electron chi connectivity index (χ3n) is 3.49. The van der Waals surface area contributed by atoms with E-state index in [9.17, 15) is 4.79 Å². The Morgan fingerprint density at radius 3 is 2.56 bits per heavy atom. The monoisotopic (exact) mass is 345 g/mol. The van der Waals surface area contributed by atoms with E-state index in [-0.39, 0.29) is 5.91 Å². The molecule has 2 aromatic rings. The molecule has 2 rings (SSSR count). The number of methoxy groups -OCH3 is 3. The molecule has 134 valence electrons. The van der Waals surface area contributed by atoms with Gasteiger partial charge in [-0.3, -0.25) is 9.78 Å². The fourth-order valence-corrected chi connectivity index (χ4v) is 2.22. The molecule has 0 atom stereocenters. The van der Waals surface area contributed by atoms with Gasteiger partial charge in [-0.05, 0) is 30.7 Å². The molecule has 25 heavy (non-hydrogen) atoms. The molecule has 0 radical (unpaired) electrons. The number of carbonyl (C=O) groups excluding carboxylic acids is 1. The quantitative estimate of drug-likeness (QED) is 0.680. The lowest BCUT2D eigenvalue weighted by atomic mass is 10.2. The zero-order chi connectivity index (χ0) is 18.1. The standard InChI is InChI=1S/C18H23N3O4/c1-23-10-4-8-19-13-7-9-20-15(11-13)18(22)21-14-5-6-16(24-2)17(12-14)25-3/h5-7,9,11-12H,4,8,10H2,1-3H3,(H,19,20)(H,21,22). The number of benzene rings is 1. The second kappa shape index (κ2) is 9.48. The number of aromatic nitrogens is 1. The average Bonchev–Trinajstić information content (AvgIpc) is 2.65.